The molecule has 0 spiro atoms. The first-order chi connectivity index (χ1) is 13.0. The van der Waals surface area contributed by atoms with Crippen molar-refractivity contribution in [3.8, 4) is 11.3 Å². The molecule has 27 heavy (non-hydrogen) atoms. The first-order valence-electron chi connectivity index (χ1n) is 8.79. The third-order valence-corrected chi connectivity index (χ3v) is 4.69. The van der Waals surface area contributed by atoms with E-state index in [1.807, 2.05) is 80.1 Å². The fourth-order valence-corrected chi connectivity index (χ4v) is 3.19. The van der Waals surface area contributed by atoms with Crippen molar-refractivity contribution in [2.75, 3.05) is 5.32 Å². The topological polar surface area (TPSA) is 59.8 Å². The number of anilines is 1. The minimum absolute atomic E-state index is 0.211. The Morgan fingerprint density at radius 3 is 2.59 bits per heavy atom. The van der Waals surface area contributed by atoms with Gasteiger partial charge in [-0.15, -0.1) is 0 Å². The zero-order chi connectivity index (χ0) is 19.0. The van der Waals surface area contributed by atoms with Gasteiger partial charge in [-0.2, -0.15) is 0 Å². The summed E-state index contributed by atoms with van der Waals surface area (Å²) in [6, 6.07) is 17.9. The number of imidazole rings is 1. The number of carbonyl (C=O) groups is 1. The number of rotatable bonds is 3. The smallest absolute Gasteiger partial charge is 0.259 e. The summed E-state index contributed by atoms with van der Waals surface area (Å²) in [6.45, 7) is 3.88. The lowest BCUT2D eigenvalue weighted by Crippen LogP contribution is -2.17. The molecule has 0 fully saturated rings. The van der Waals surface area contributed by atoms with Crippen LogP contribution in [0.25, 0.3) is 22.2 Å². The first kappa shape index (κ1) is 17.0. The van der Waals surface area contributed by atoms with Gasteiger partial charge in [0.2, 0.25) is 5.95 Å². The van der Waals surface area contributed by atoms with Crippen LogP contribution in [0.5, 0.6) is 0 Å². The summed E-state index contributed by atoms with van der Waals surface area (Å²) < 4.78 is 1.88. The van der Waals surface area contributed by atoms with Gasteiger partial charge in [0.1, 0.15) is 0 Å². The van der Waals surface area contributed by atoms with Crippen LogP contribution in [0, 0.1) is 13.8 Å². The van der Waals surface area contributed by atoms with Gasteiger partial charge in [0.05, 0.1) is 28.7 Å². The van der Waals surface area contributed by atoms with Crippen LogP contribution in [-0.2, 0) is 7.05 Å². The van der Waals surface area contributed by atoms with E-state index in [4.69, 9.17) is 0 Å². The lowest BCUT2D eigenvalue weighted by molar-refractivity contribution is 0.102. The number of nitrogens with zero attached hydrogens (tertiary/aromatic N) is 3. The number of aryl methyl sites for hydroxylation is 2. The number of carbonyl (C=O) groups excluding carboxylic acids is 1. The molecule has 2 heterocycles. The number of aromatic nitrogens is 3. The van der Waals surface area contributed by atoms with Crippen LogP contribution in [0.3, 0.4) is 0 Å². The fourth-order valence-electron chi connectivity index (χ4n) is 3.19. The number of hydrogen-bond acceptors (Lipinski definition) is 3. The van der Waals surface area contributed by atoms with Crippen molar-refractivity contribution < 1.29 is 4.79 Å². The number of fused-ring (bicyclic) bond motifs is 1. The van der Waals surface area contributed by atoms with Crippen molar-refractivity contribution in [2.24, 2.45) is 7.05 Å². The molecule has 0 aliphatic carbocycles. The molecule has 0 saturated carbocycles. The van der Waals surface area contributed by atoms with Crippen molar-refractivity contribution in [3.63, 3.8) is 0 Å². The Labute approximate surface area is 157 Å². The number of amides is 1. The van der Waals surface area contributed by atoms with Gasteiger partial charge in [0.15, 0.2) is 0 Å². The van der Waals surface area contributed by atoms with E-state index in [0.29, 0.717) is 17.2 Å². The highest BCUT2D eigenvalue weighted by atomic mass is 16.1. The van der Waals surface area contributed by atoms with Crippen LogP contribution in [0.2, 0.25) is 0 Å². The third-order valence-electron chi connectivity index (χ3n) is 4.69. The van der Waals surface area contributed by atoms with Gasteiger partial charge in [-0.3, -0.25) is 15.1 Å². The molecule has 0 aliphatic rings. The summed E-state index contributed by atoms with van der Waals surface area (Å²) in [5, 5.41) is 3.86. The van der Waals surface area contributed by atoms with Crippen molar-refractivity contribution in [1.29, 1.82) is 0 Å². The maximum Gasteiger partial charge on any atom is 0.259 e. The minimum atomic E-state index is -0.211. The molecule has 1 N–H and O–H groups in total. The maximum absolute atomic E-state index is 12.9. The van der Waals surface area contributed by atoms with E-state index in [9.17, 15) is 4.79 Å². The largest absolute Gasteiger partial charge is 0.313 e. The van der Waals surface area contributed by atoms with Crippen molar-refractivity contribution >= 4 is 22.8 Å². The van der Waals surface area contributed by atoms with E-state index in [2.05, 4.69) is 15.3 Å². The summed E-state index contributed by atoms with van der Waals surface area (Å²) in [4.78, 5) is 21.8. The number of nitrogens with one attached hydrogen (secondary N) is 1. The predicted octanol–water partition coefficient (Wildman–Crippen LogP) is 4.50. The van der Waals surface area contributed by atoms with Crippen LogP contribution in [-0.4, -0.2) is 20.4 Å². The van der Waals surface area contributed by atoms with Crippen molar-refractivity contribution in [1.82, 2.24) is 14.5 Å². The summed E-state index contributed by atoms with van der Waals surface area (Å²) in [7, 11) is 1.89. The summed E-state index contributed by atoms with van der Waals surface area (Å²) in [5.74, 6) is 0.291. The van der Waals surface area contributed by atoms with Crippen molar-refractivity contribution in [2.45, 2.75) is 13.8 Å². The van der Waals surface area contributed by atoms with Gasteiger partial charge in [-0.25, -0.2) is 4.98 Å². The molecule has 2 aromatic carbocycles. The average molecular weight is 356 g/mol. The second-order valence-electron chi connectivity index (χ2n) is 6.66. The van der Waals surface area contributed by atoms with Crippen LogP contribution >= 0.6 is 0 Å². The molecule has 5 nitrogen and oxygen atoms in total. The van der Waals surface area contributed by atoms with E-state index in [-0.39, 0.29) is 5.91 Å². The fraction of sp³-hybridized carbons (Fsp3) is 0.136. The Hall–Kier alpha value is -3.47. The highest BCUT2D eigenvalue weighted by Gasteiger charge is 2.16. The molecule has 0 aliphatic heterocycles. The lowest BCUT2D eigenvalue weighted by Gasteiger charge is -2.10. The van der Waals surface area contributed by atoms with E-state index < -0.39 is 0 Å². The van der Waals surface area contributed by atoms with Crippen LogP contribution in [0.1, 0.15) is 21.6 Å². The summed E-state index contributed by atoms with van der Waals surface area (Å²) in [6.07, 6.45) is 1.76. The second-order valence-corrected chi connectivity index (χ2v) is 6.66. The van der Waals surface area contributed by atoms with E-state index in [0.717, 1.165) is 27.7 Å². The molecule has 1 amide bonds. The average Bonchev–Trinajstić information content (AvgIpc) is 3.02. The van der Waals surface area contributed by atoms with E-state index in [1.165, 1.54) is 0 Å². The molecule has 4 rings (SSSR count). The normalized spacial score (nSPS) is 10.9. The molecular weight excluding hydrogens is 336 g/mol. The zero-order valence-corrected chi connectivity index (χ0v) is 15.5. The second kappa shape index (κ2) is 6.68. The van der Waals surface area contributed by atoms with Gasteiger partial charge < -0.3 is 4.57 Å². The molecule has 134 valence electrons. The van der Waals surface area contributed by atoms with Gasteiger partial charge >= 0.3 is 0 Å². The predicted molar refractivity (Wildman–Crippen MR) is 108 cm³/mol. The molecule has 0 atom stereocenters. The Morgan fingerprint density at radius 2 is 1.81 bits per heavy atom. The van der Waals surface area contributed by atoms with Crippen LogP contribution in [0.4, 0.5) is 5.95 Å². The van der Waals surface area contributed by atoms with Gasteiger partial charge in [0.25, 0.3) is 5.91 Å². The molecule has 2 aromatic heterocycles. The molecule has 0 unspecified atom stereocenters. The first-order valence-corrected chi connectivity index (χ1v) is 8.79. The summed E-state index contributed by atoms with van der Waals surface area (Å²) >= 11 is 0. The van der Waals surface area contributed by atoms with Crippen molar-refractivity contribution in [3.05, 3.63) is 77.6 Å². The quantitative estimate of drug-likeness (QED) is 0.588. The molecule has 0 saturated heterocycles. The molecular formula is C22H20N4O. The Balaban J connectivity index is 1.66. The summed E-state index contributed by atoms with van der Waals surface area (Å²) in [5.41, 5.74) is 5.26. The highest BCUT2D eigenvalue weighted by Crippen LogP contribution is 2.23. The monoisotopic (exact) mass is 356 g/mol. The Kier molecular flexibility index (Phi) is 4.20. The molecule has 4 aromatic rings. The zero-order valence-electron chi connectivity index (χ0n) is 15.5. The maximum atomic E-state index is 12.9. The van der Waals surface area contributed by atoms with E-state index in [1.54, 1.807) is 6.20 Å². The van der Waals surface area contributed by atoms with Crippen LogP contribution < -0.4 is 5.32 Å². The Morgan fingerprint density at radius 1 is 1.04 bits per heavy atom. The lowest BCUT2D eigenvalue weighted by atomic mass is 10.1. The number of benzene rings is 2. The molecule has 0 bridgehead atoms. The number of pyridine rings is 1. The van der Waals surface area contributed by atoms with Gasteiger partial charge in [-0.1, -0.05) is 42.0 Å². The standard InChI is InChI=1S/C22H20N4O/c1-14-9-10-19-17(11-14)12-18(15(2)24-19)21(27)25-22-23-13-20(26(22)3)16-7-5-4-6-8-16/h4-13H,1-3H3,(H,23,25,27). The highest BCUT2D eigenvalue weighted by molar-refractivity contribution is 6.06. The van der Waals surface area contributed by atoms with Gasteiger partial charge in [-0.05, 0) is 37.6 Å². The molecule has 0 radical (unpaired) electrons. The van der Waals surface area contributed by atoms with E-state index >= 15 is 0 Å². The van der Waals surface area contributed by atoms with Gasteiger partial charge in [0, 0.05) is 12.4 Å². The number of hydrogen-bond donors (Lipinski definition) is 1. The van der Waals surface area contributed by atoms with Crippen LogP contribution in [0.15, 0.2) is 60.8 Å². The SMILES string of the molecule is Cc1ccc2nc(C)c(C(=O)Nc3ncc(-c4ccccc4)n3C)cc2c1. The minimum Gasteiger partial charge on any atom is -0.313 e. The Bertz CT molecular complexity index is 1150. The molecule has 5 heteroatoms. The third kappa shape index (κ3) is 3.19.